The lowest BCUT2D eigenvalue weighted by molar-refractivity contribution is -0.125. The number of rotatable bonds is 6. The summed E-state index contributed by atoms with van der Waals surface area (Å²) in [4.78, 5) is 19.9. The van der Waals surface area contributed by atoms with E-state index < -0.39 is 0 Å². The van der Waals surface area contributed by atoms with E-state index in [1.54, 1.807) is 10.9 Å². The fourth-order valence-electron chi connectivity index (χ4n) is 4.01. The molecule has 0 spiro atoms. The number of benzene rings is 2. The van der Waals surface area contributed by atoms with E-state index in [0.717, 1.165) is 33.2 Å². The average Bonchev–Trinajstić information content (AvgIpc) is 3.43. The molecule has 3 N–H and O–H groups in total. The number of H-pyrrole nitrogens is 1. The van der Waals surface area contributed by atoms with Crippen molar-refractivity contribution in [3.8, 4) is 11.3 Å². The summed E-state index contributed by atoms with van der Waals surface area (Å²) in [5.41, 5.74) is 12.1. The van der Waals surface area contributed by atoms with Gasteiger partial charge in [0.15, 0.2) is 5.65 Å². The molecule has 0 aliphatic carbocycles. The van der Waals surface area contributed by atoms with Crippen molar-refractivity contribution in [2.75, 3.05) is 5.73 Å². The highest BCUT2D eigenvalue weighted by Crippen LogP contribution is 2.32. The molecule has 3 heterocycles. The predicted octanol–water partition coefficient (Wildman–Crippen LogP) is 3.86. The quantitative estimate of drug-likeness (QED) is 0.304. The Morgan fingerprint density at radius 3 is 2.88 bits per heavy atom. The van der Waals surface area contributed by atoms with Gasteiger partial charge in [-0.2, -0.15) is 10.2 Å². The highest BCUT2D eigenvalue weighted by atomic mass is 16.5. The standard InChI is InChI=1S/C24H21N7O2/c1-14-5-3-4-6-18(14)15(2)20(33-13-32)11-31-24-21(23(25)26-12-27-24)22(30-31)16-7-8-17-10-28-29-19(17)9-16/h3-10,12-13H,11H2,1-2H3,(H,28,29)(H2,25,26,27)/b20-15-. The Morgan fingerprint density at radius 2 is 2.06 bits per heavy atom. The zero-order valence-electron chi connectivity index (χ0n) is 18.1. The number of anilines is 1. The summed E-state index contributed by atoms with van der Waals surface area (Å²) in [6, 6.07) is 13.8. The number of ether oxygens (including phenoxy) is 1. The molecule has 3 aromatic heterocycles. The zero-order chi connectivity index (χ0) is 22.9. The van der Waals surface area contributed by atoms with E-state index >= 15 is 0 Å². The van der Waals surface area contributed by atoms with Crippen molar-refractivity contribution in [3.63, 3.8) is 0 Å². The second-order valence-electron chi connectivity index (χ2n) is 7.71. The molecular weight excluding hydrogens is 418 g/mol. The van der Waals surface area contributed by atoms with Gasteiger partial charge in [0.2, 0.25) is 0 Å². The van der Waals surface area contributed by atoms with Gasteiger partial charge in [0.05, 0.1) is 17.1 Å². The zero-order valence-corrected chi connectivity index (χ0v) is 18.1. The van der Waals surface area contributed by atoms with Gasteiger partial charge in [-0.15, -0.1) is 0 Å². The molecule has 0 fully saturated rings. The van der Waals surface area contributed by atoms with Gasteiger partial charge in [0.1, 0.15) is 30.1 Å². The lowest BCUT2D eigenvalue weighted by Gasteiger charge is -2.13. The molecule has 0 radical (unpaired) electrons. The van der Waals surface area contributed by atoms with Gasteiger partial charge in [-0.3, -0.25) is 9.89 Å². The van der Waals surface area contributed by atoms with Crippen LogP contribution in [0.15, 0.2) is 60.7 Å². The first-order valence-corrected chi connectivity index (χ1v) is 10.3. The van der Waals surface area contributed by atoms with Crippen LogP contribution < -0.4 is 5.73 Å². The Morgan fingerprint density at radius 1 is 1.21 bits per heavy atom. The fraction of sp³-hybridized carbons (Fsp3) is 0.125. The summed E-state index contributed by atoms with van der Waals surface area (Å²) in [6.45, 7) is 4.55. The van der Waals surface area contributed by atoms with Crippen molar-refractivity contribution in [2.45, 2.75) is 20.4 Å². The van der Waals surface area contributed by atoms with Crippen molar-refractivity contribution < 1.29 is 9.53 Å². The van der Waals surface area contributed by atoms with Crippen LogP contribution in [0, 0.1) is 6.92 Å². The molecule has 0 atom stereocenters. The molecular formula is C24H21N7O2. The van der Waals surface area contributed by atoms with Gasteiger partial charge < -0.3 is 10.5 Å². The molecule has 0 unspecified atom stereocenters. The lowest BCUT2D eigenvalue weighted by Crippen LogP contribution is -2.08. The van der Waals surface area contributed by atoms with E-state index in [1.807, 2.05) is 56.3 Å². The van der Waals surface area contributed by atoms with Crippen LogP contribution in [0.3, 0.4) is 0 Å². The van der Waals surface area contributed by atoms with Gasteiger partial charge in [-0.05, 0) is 36.6 Å². The van der Waals surface area contributed by atoms with Crippen LogP contribution in [0.2, 0.25) is 0 Å². The summed E-state index contributed by atoms with van der Waals surface area (Å²) in [5, 5.41) is 13.5. The molecule has 5 aromatic rings. The second-order valence-corrected chi connectivity index (χ2v) is 7.71. The van der Waals surface area contributed by atoms with Crippen molar-refractivity contribution >= 4 is 39.8 Å². The number of hydrogen-bond acceptors (Lipinski definition) is 7. The van der Waals surface area contributed by atoms with E-state index in [2.05, 4.69) is 20.2 Å². The van der Waals surface area contributed by atoms with E-state index in [9.17, 15) is 4.79 Å². The summed E-state index contributed by atoms with van der Waals surface area (Å²) < 4.78 is 7.09. The van der Waals surface area contributed by atoms with Crippen LogP contribution >= 0.6 is 0 Å². The van der Waals surface area contributed by atoms with Crippen LogP contribution in [0.5, 0.6) is 0 Å². The largest absolute Gasteiger partial charge is 0.431 e. The van der Waals surface area contributed by atoms with Gasteiger partial charge >= 0.3 is 0 Å². The van der Waals surface area contributed by atoms with E-state index in [4.69, 9.17) is 15.6 Å². The summed E-state index contributed by atoms with van der Waals surface area (Å²) in [6.07, 6.45) is 3.16. The van der Waals surface area contributed by atoms with Crippen LogP contribution in [-0.4, -0.2) is 36.4 Å². The van der Waals surface area contributed by atoms with Crippen LogP contribution in [0.1, 0.15) is 18.1 Å². The van der Waals surface area contributed by atoms with Crippen LogP contribution in [-0.2, 0) is 16.1 Å². The molecule has 0 aliphatic heterocycles. The minimum Gasteiger partial charge on any atom is -0.431 e. The Kier molecular flexibility index (Phi) is 5.06. The number of nitrogens with two attached hydrogens (primary N) is 1. The molecule has 0 saturated carbocycles. The molecule has 9 nitrogen and oxygen atoms in total. The fourth-order valence-corrected chi connectivity index (χ4v) is 4.01. The monoisotopic (exact) mass is 439 g/mol. The summed E-state index contributed by atoms with van der Waals surface area (Å²) in [5.74, 6) is 0.792. The maximum atomic E-state index is 11.3. The Labute approximate surface area is 188 Å². The number of carbonyl (C=O) groups is 1. The molecule has 0 aliphatic rings. The third kappa shape index (κ3) is 3.59. The average molecular weight is 439 g/mol. The number of fused-ring (bicyclic) bond motifs is 2. The van der Waals surface area contributed by atoms with E-state index in [0.29, 0.717) is 34.8 Å². The summed E-state index contributed by atoms with van der Waals surface area (Å²) in [7, 11) is 0. The Balaban J connectivity index is 1.67. The van der Waals surface area contributed by atoms with Crippen molar-refractivity contribution in [1.29, 1.82) is 0 Å². The number of aromatic amines is 1. The van der Waals surface area contributed by atoms with Crippen LogP contribution in [0.25, 0.3) is 38.8 Å². The summed E-state index contributed by atoms with van der Waals surface area (Å²) >= 11 is 0. The first-order chi connectivity index (χ1) is 16.1. The Hall–Kier alpha value is -4.53. The van der Waals surface area contributed by atoms with Gasteiger partial charge in [0, 0.05) is 10.9 Å². The normalized spacial score (nSPS) is 12.2. The SMILES string of the molecule is C/C(=C(\Cn1nc(-c2ccc3cn[nH]c3c2)c2c(N)ncnc21)OC=O)c1ccccc1C. The third-order valence-corrected chi connectivity index (χ3v) is 5.73. The lowest BCUT2D eigenvalue weighted by atomic mass is 10.0. The molecule has 0 amide bonds. The molecule has 0 saturated heterocycles. The Bertz CT molecular complexity index is 1530. The minimum atomic E-state index is 0.193. The van der Waals surface area contributed by atoms with Gasteiger partial charge in [0.25, 0.3) is 6.47 Å². The molecule has 2 aromatic carbocycles. The number of allylic oxidation sites excluding steroid dienone is 2. The first-order valence-electron chi connectivity index (χ1n) is 10.3. The highest BCUT2D eigenvalue weighted by molar-refractivity contribution is 5.99. The van der Waals surface area contributed by atoms with Gasteiger partial charge in [-0.1, -0.05) is 36.4 Å². The predicted molar refractivity (Wildman–Crippen MR) is 126 cm³/mol. The number of nitrogens with zero attached hydrogens (tertiary/aromatic N) is 5. The third-order valence-electron chi connectivity index (χ3n) is 5.73. The molecule has 9 heteroatoms. The molecule has 5 rings (SSSR count). The van der Waals surface area contributed by atoms with Gasteiger partial charge in [-0.25, -0.2) is 14.6 Å². The number of hydrogen-bond donors (Lipinski definition) is 2. The number of aromatic nitrogens is 6. The van der Waals surface area contributed by atoms with Crippen molar-refractivity contribution in [2.24, 2.45) is 0 Å². The minimum absolute atomic E-state index is 0.193. The maximum Gasteiger partial charge on any atom is 0.298 e. The van der Waals surface area contributed by atoms with Crippen molar-refractivity contribution in [1.82, 2.24) is 29.9 Å². The van der Waals surface area contributed by atoms with Crippen molar-refractivity contribution in [3.05, 3.63) is 71.9 Å². The topological polar surface area (TPSA) is 125 Å². The highest BCUT2D eigenvalue weighted by Gasteiger charge is 2.20. The first kappa shape index (κ1) is 20.4. The molecule has 33 heavy (non-hydrogen) atoms. The maximum absolute atomic E-state index is 11.3. The second kappa shape index (κ2) is 8.19. The number of nitrogens with one attached hydrogen (secondary N) is 1. The van der Waals surface area contributed by atoms with Crippen LogP contribution in [0.4, 0.5) is 5.82 Å². The van der Waals surface area contributed by atoms with E-state index in [-0.39, 0.29) is 6.54 Å². The molecule has 0 bridgehead atoms. The van der Waals surface area contributed by atoms with E-state index in [1.165, 1.54) is 6.33 Å². The number of nitrogen functional groups attached to an aromatic ring is 1. The smallest absolute Gasteiger partial charge is 0.298 e. The number of carbonyl (C=O) groups excluding carboxylic acids is 1. The molecule has 164 valence electrons. The number of aryl methyl sites for hydroxylation is 1.